The number of rotatable bonds is 11. The fraction of sp³-hybridized carbons (Fsp3) is 0.750. The number of nitrogens with one attached hydrogen (secondary N) is 2. The Morgan fingerprint density at radius 1 is 1.21 bits per heavy atom. The minimum absolute atomic E-state index is 0.196. The van der Waals surface area contributed by atoms with Gasteiger partial charge >= 0.3 is 0 Å². The Hall–Kier alpha value is -0.920. The summed E-state index contributed by atoms with van der Waals surface area (Å²) in [5.41, 5.74) is 0. The average Bonchev–Trinajstić information content (AvgIpc) is 2.87. The summed E-state index contributed by atoms with van der Waals surface area (Å²) < 4.78 is 27.9. The molecule has 1 heterocycles. The molecule has 0 saturated heterocycles. The first-order valence-corrected chi connectivity index (χ1v) is 8.43. The highest BCUT2D eigenvalue weighted by molar-refractivity contribution is 7.89. The van der Waals surface area contributed by atoms with Crippen LogP contribution < -0.4 is 10.0 Å². The molecule has 0 fully saturated rings. The molecule has 0 aliphatic carbocycles. The molecular weight excluding hydrogens is 264 g/mol. The molecule has 1 aromatic heterocycles. The highest BCUT2D eigenvalue weighted by Crippen LogP contribution is 1.96. The lowest BCUT2D eigenvalue weighted by atomic mass is 10.3. The van der Waals surface area contributed by atoms with Gasteiger partial charge in [-0.1, -0.05) is 6.92 Å². The van der Waals surface area contributed by atoms with E-state index < -0.39 is 10.0 Å². The molecule has 0 spiro atoms. The van der Waals surface area contributed by atoms with Crippen molar-refractivity contribution in [3.05, 3.63) is 18.7 Å². The summed E-state index contributed by atoms with van der Waals surface area (Å²) in [5, 5.41) is 3.11. The van der Waals surface area contributed by atoms with Gasteiger partial charge in [0.15, 0.2) is 0 Å². The van der Waals surface area contributed by atoms with E-state index >= 15 is 0 Å². The number of nitrogens with zero attached hydrogens (tertiary/aromatic N) is 2. The summed E-state index contributed by atoms with van der Waals surface area (Å²) in [6.07, 6.45) is 7.85. The van der Waals surface area contributed by atoms with Gasteiger partial charge in [0.1, 0.15) is 0 Å². The van der Waals surface area contributed by atoms with Crippen LogP contribution in [0.4, 0.5) is 0 Å². The molecule has 110 valence electrons. The molecule has 1 rings (SSSR count). The molecule has 0 aromatic carbocycles. The number of aromatic nitrogens is 2. The second-order valence-electron chi connectivity index (χ2n) is 4.43. The molecule has 7 heteroatoms. The van der Waals surface area contributed by atoms with E-state index in [4.69, 9.17) is 0 Å². The van der Waals surface area contributed by atoms with Gasteiger partial charge in [0.2, 0.25) is 10.0 Å². The number of hydrogen-bond donors (Lipinski definition) is 2. The summed E-state index contributed by atoms with van der Waals surface area (Å²) in [5.74, 6) is 0.196. The van der Waals surface area contributed by atoms with Crippen molar-refractivity contribution < 1.29 is 8.42 Å². The van der Waals surface area contributed by atoms with Gasteiger partial charge in [0.05, 0.1) is 12.1 Å². The highest BCUT2D eigenvalue weighted by Gasteiger charge is 2.08. The third-order valence-corrected chi connectivity index (χ3v) is 4.21. The molecule has 0 amide bonds. The van der Waals surface area contributed by atoms with Gasteiger partial charge in [0.25, 0.3) is 0 Å². The normalized spacial score (nSPS) is 11.8. The second kappa shape index (κ2) is 9.06. The van der Waals surface area contributed by atoms with Crippen LogP contribution in [0.1, 0.15) is 26.2 Å². The van der Waals surface area contributed by atoms with Crippen molar-refractivity contribution in [1.82, 2.24) is 19.6 Å². The molecule has 0 saturated carbocycles. The van der Waals surface area contributed by atoms with Crippen molar-refractivity contribution in [1.29, 1.82) is 0 Å². The first-order chi connectivity index (χ1) is 9.14. The van der Waals surface area contributed by atoms with E-state index in [2.05, 4.69) is 15.0 Å². The maximum atomic E-state index is 11.6. The summed E-state index contributed by atoms with van der Waals surface area (Å²) >= 11 is 0. The minimum Gasteiger partial charge on any atom is -0.337 e. The van der Waals surface area contributed by atoms with Gasteiger partial charge in [-0.3, -0.25) is 0 Å². The van der Waals surface area contributed by atoms with Crippen LogP contribution in [0.2, 0.25) is 0 Å². The minimum atomic E-state index is -3.11. The van der Waals surface area contributed by atoms with Crippen LogP contribution in [0.5, 0.6) is 0 Å². The van der Waals surface area contributed by atoms with E-state index in [0.29, 0.717) is 13.0 Å². The molecule has 6 nitrogen and oxygen atoms in total. The van der Waals surface area contributed by atoms with E-state index in [1.807, 2.05) is 17.7 Å². The lowest BCUT2D eigenvalue weighted by molar-refractivity contribution is 0.562. The Bertz CT molecular complexity index is 417. The predicted molar refractivity (Wildman–Crippen MR) is 76.4 cm³/mol. The first-order valence-electron chi connectivity index (χ1n) is 6.78. The smallest absolute Gasteiger partial charge is 0.211 e. The van der Waals surface area contributed by atoms with Gasteiger partial charge in [-0.05, 0) is 32.4 Å². The largest absolute Gasteiger partial charge is 0.337 e. The van der Waals surface area contributed by atoms with E-state index in [0.717, 1.165) is 32.5 Å². The molecule has 1 aromatic rings. The Kier molecular flexibility index (Phi) is 7.69. The second-order valence-corrected chi connectivity index (χ2v) is 6.35. The SMILES string of the molecule is CCNCCCS(=O)(=O)NCCCCn1ccnc1. The zero-order valence-electron chi connectivity index (χ0n) is 11.5. The van der Waals surface area contributed by atoms with E-state index in [1.165, 1.54) is 0 Å². The molecule has 0 aliphatic rings. The van der Waals surface area contributed by atoms with E-state index in [1.54, 1.807) is 12.5 Å². The number of unbranched alkanes of at least 4 members (excludes halogenated alkanes) is 1. The molecular formula is C12H24N4O2S. The van der Waals surface area contributed by atoms with Crippen molar-refractivity contribution in [2.45, 2.75) is 32.7 Å². The quantitative estimate of drug-likeness (QED) is 0.584. The van der Waals surface area contributed by atoms with Gasteiger partial charge in [-0.25, -0.2) is 18.1 Å². The van der Waals surface area contributed by atoms with Crippen LogP contribution in [-0.2, 0) is 16.6 Å². The molecule has 0 radical (unpaired) electrons. The summed E-state index contributed by atoms with van der Waals surface area (Å²) in [6, 6.07) is 0. The standard InChI is InChI=1S/C12H24N4O2S/c1-2-13-6-5-11-19(17,18)15-7-3-4-9-16-10-8-14-12-16/h8,10,12-13,15H,2-7,9,11H2,1H3. The number of hydrogen-bond acceptors (Lipinski definition) is 4. The van der Waals surface area contributed by atoms with Crippen LogP contribution in [0.25, 0.3) is 0 Å². The Morgan fingerprint density at radius 2 is 2.05 bits per heavy atom. The Balaban J connectivity index is 2.04. The molecule has 0 unspecified atom stereocenters. The zero-order valence-corrected chi connectivity index (χ0v) is 12.3. The van der Waals surface area contributed by atoms with Gasteiger partial charge in [-0.2, -0.15) is 0 Å². The summed E-state index contributed by atoms with van der Waals surface area (Å²) in [6.45, 7) is 5.02. The lowest BCUT2D eigenvalue weighted by Gasteiger charge is -2.07. The molecule has 2 N–H and O–H groups in total. The maximum absolute atomic E-state index is 11.6. The summed E-state index contributed by atoms with van der Waals surface area (Å²) in [7, 11) is -3.11. The number of sulfonamides is 1. The lowest BCUT2D eigenvalue weighted by Crippen LogP contribution is -2.29. The fourth-order valence-corrected chi connectivity index (χ4v) is 2.83. The molecule has 19 heavy (non-hydrogen) atoms. The zero-order chi connectivity index (χ0) is 14.0. The number of aryl methyl sites for hydroxylation is 1. The third kappa shape index (κ3) is 7.97. The van der Waals surface area contributed by atoms with E-state index in [-0.39, 0.29) is 5.75 Å². The van der Waals surface area contributed by atoms with Crippen LogP contribution in [0.3, 0.4) is 0 Å². The van der Waals surface area contributed by atoms with Gasteiger partial charge in [-0.15, -0.1) is 0 Å². The fourth-order valence-electron chi connectivity index (χ4n) is 1.70. The van der Waals surface area contributed by atoms with Crippen molar-refractivity contribution in [2.24, 2.45) is 0 Å². The van der Waals surface area contributed by atoms with Crippen molar-refractivity contribution in [2.75, 3.05) is 25.4 Å². The van der Waals surface area contributed by atoms with Crippen LogP contribution in [0.15, 0.2) is 18.7 Å². The van der Waals surface area contributed by atoms with Crippen molar-refractivity contribution >= 4 is 10.0 Å². The molecule has 0 atom stereocenters. The summed E-state index contributed by atoms with van der Waals surface area (Å²) in [4.78, 5) is 3.95. The van der Waals surface area contributed by atoms with Crippen molar-refractivity contribution in [3.8, 4) is 0 Å². The molecule has 0 bridgehead atoms. The monoisotopic (exact) mass is 288 g/mol. The highest BCUT2D eigenvalue weighted by atomic mass is 32.2. The topological polar surface area (TPSA) is 76.0 Å². The van der Waals surface area contributed by atoms with Crippen LogP contribution >= 0.6 is 0 Å². The molecule has 0 aliphatic heterocycles. The first kappa shape index (κ1) is 16.1. The predicted octanol–water partition coefficient (Wildman–Crippen LogP) is 0.582. The maximum Gasteiger partial charge on any atom is 0.211 e. The van der Waals surface area contributed by atoms with E-state index in [9.17, 15) is 8.42 Å². The Morgan fingerprint density at radius 3 is 2.74 bits per heavy atom. The van der Waals surface area contributed by atoms with Crippen LogP contribution in [0, 0.1) is 0 Å². The van der Waals surface area contributed by atoms with Crippen molar-refractivity contribution in [3.63, 3.8) is 0 Å². The van der Waals surface area contributed by atoms with Gasteiger partial charge in [0, 0.05) is 25.5 Å². The Labute approximate surface area is 115 Å². The average molecular weight is 288 g/mol. The van der Waals surface area contributed by atoms with Crippen LogP contribution in [-0.4, -0.2) is 43.4 Å². The number of imidazole rings is 1. The third-order valence-electron chi connectivity index (χ3n) is 2.74. The van der Waals surface area contributed by atoms with Gasteiger partial charge < -0.3 is 9.88 Å².